The Morgan fingerprint density at radius 3 is 1.62 bits per heavy atom. The average molecular weight is 332 g/mol. The van der Waals surface area contributed by atoms with E-state index in [9.17, 15) is 25.0 Å². The van der Waals surface area contributed by atoms with Crippen LogP contribution in [0.2, 0.25) is 0 Å². The van der Waals surface area contributed by atoms with Gasteiger partial charge in [0, 0.05) is 24.3 Å². The lowest BCUT2D eigenvalue weighted by Gasteiger charge is -2.06. The van der Waals surface area contributed by atoms with Gasteiger partial charge in [-0.3, -0.25) is 20.2 Å². The zero-order valence-electron chi connectivity index (χ0n) is 12.3. The minimum atomic E-state index is -0.979. The first-order valence-electron chi connectivity index (χ1n) is 6.72. The van der Waals surface area contributed by atoms with Crippen molar-refractivity contribution < 1.29 is 24.1 Å². The molecule has 0 unspecified atom stereocenters. The van der Waals surface area contributed by atoms with Gasteiger partial charge in [-0.05, 0) is 11.1 Å². The molecule has 9 heteroatoms. The molecule has 0 aliphatic heterocycles. The summed E-state index contributed by atoms with van der Waals surface area (Å²) >= 11 is 0. The van der Waals surface area contributed by atoms with E-state index >= 15 is 0 Å². The van der Waals surface area contributed by atoms with Crippen molar-refractivity contribution >= 4 is 17.5 Å². The maximum atomic E-state index is 11.5. The van der Waals surface area contributed by atoms with Gasteiger partial charge in [0.1, 0.15) is 13.2 Å². The number of nitro groups is 2. The molecule has 0 saturated heterocycles. The smallest absolute Gasteiger partial charge is 0.429 e. The summed E-state index contributed by atoms with van der Waals surface area (Å²) in [7, 11) is 0. The number of ether oxygens (including phenoxy) is 2. The van der Waals surface area contributed by atoms with Crippen molar-refractivity contribution in [2.24, 2.45) is 0 Å². The van der Waals surface area contributed by atoms with Crippen LogP contribution >= 0.6 is 0 Å². The summed E-state index contributed by atoms with van der Waals surface area (Å²) in [4.78, 5) is 31.7. The first kappa shape index (κ1) is 16.9. The van der Waals surface area contributed by atoms with Crippen molar-refractivity contribution in [3.8, 4) is 0 Å². The van der Waals surface area contributed by atoms with Crippen molar-refractivity contribution in [3.63, 3.8) is 0 Å². The second-order valence-electron chi connectivity index (χ2n) is 4.68. The maximum absolute atomic E-state index is 11.5. The molecule has 2 aromatic rings. The van der Waals surface area contributed by atoms with E-state index in [0.717, 1.165) is 0 Å². The van der Waals surface area contributed by atoms with E-state index in [1.165, 1.54) is 36.4 Å². The molecule has 0 aromatic heterocycles. The number of hydrogen-bond acceptors (Lipinski definition) is 7. The van der Waals surface area contributed by atoms with Crippen molar-refractivity contribution in [2.45, 2.75) is 13.2 Å². The van der Waals surface area contributed by atoms with Gasteiger partial charge in [-0.15, -0.1) is 0 Å². The third-order valence-electron chi connectivity index (χ3n) is 2.96. The monoisotopic (exact) mass is 332 g/mol. The summed E-state index contributed by atoms with van der Waals surface area (Å²) in [6.07, 6.45) is -0.979. The second-order valence-corrected chi connectivity index (χ2v) is 4.68. The van der Waals surface area contributed by atoms with Gasteiger partial charge in [-0.25, -0.2) is 4.79 Å². The number of rotatable bonds is 6. The number of nitrogens with zero attached hydrogens (tertiary/aromatic N) is 2. The molecule has 0 amide bonds. The van der Waals surface area contributed by atoms with Crippen LogP contribution in [0.1, 0.15) is 11.1 Å². The molecule has 0 aliphatic rings. The van der Waals surface area contributed by atoms with Crippen LogP contribution < -0.4 is 0 Å². The number of carbonyl (C=O) groups excluding carboxylic acids is 1. The summed E-state index contributed by atoms with van der Waals surface area (Å²) in [5.74, 6) is 0. The summed E-state index contributed by atoms with van der Waals surface area (Å²) in [5.41, 5.74) is 0.662. The summed E-state index contributed by atoms with van der Waals surface area (Å²) in [6.45, 7) is -0.370. The van der Waals surface area contributed by atoms with Crippen LogP contribution in [0.4, 0.5) is 16.2 Å². The number of hydrogen-bond donors (Lipinski definition) is 0. The minimum Gasteiger partial charge on any atom is -0.429 e. The Labute approximate surface area is 135 Å². The highest BCUT2D eigenvalue weighted by Gasteiger charge is 2.10. The highest BCUT2D eigenvalue weighted by Crippen LogP contribution is 2.15. The van der Waals surface area contributed by atoms with Gasteiger partial charge in [0.05, 0.1) is 9.85 Å². The van der Waals surface area contributed by atoms with Crippen LogP contribution in [0.5, 0.6) is 0 Å². The molecule has 0 aliphatic carbocycles. The van der Waals surface area contributed by atoms with Gasteiger partial charge in [-0.2, -0.15) is 0 Å². The predicted molar refractivity (Wildman–Crippen MR) is 81.2 cm³/mol. The summed E-state index contributed by atoms with van der Waals surface area (Å²) in [5, 5.41) is 21.3. The van der Waals surface area contributed by atoms with E-state index < -0.39 is 16.0 Å². The Kier molecular flexibility index (Phi) is 5.40. The molecule has 0 N–H and O–H groups in total. The molecular formula is C15H12N2O7. The van der Waals surface area contributed by atoms with Gasteiger partial charge >= 0.3 is 6.16 Å². The number of benzene rings is 2. The Morgan fingerprint density at radius 1 is 0.833 bits per heavy atom. The maximum Gasteiger partial charge on any atom is 0.508 e. The SMILES string of the molecule is O=C(OCc1cccc([N+](=O)[O-])c1)OCc1cccc([N+](=O)[O-])c1. The first-order chi connectivity index (χ1) is 11.5. The van der Waals surface area contributed by atoms with Gasteiger partial charge in [0.2, 0.25) is 0 Å². The molecular weight excluding hydrogens is 320 g/mol. The molecule has 2 rings (SSSR count). The topological polar surface area (TPSA) is 122 Å². The van der Waals surface area contributed by atoms with Gasteiger partial charge in [-0.1, -0.05) is 24.3 Å². The van der Waals surface area contributed by atoms with E-state index in [1.807, 2.05) is 0 Å². The molecule has 124 valence electrons. The van der Waals surface area contributed by atoms with E-state index in [2.05, 4.69) is 0 Å². The summed E-state index contributed by atoms with van der Waals surface area (Å²) in [6, 6.07) is 11.3. The fraction of sp³-hybridized carbons (Fsp3) is 0.133. The van der Waals surface area contributed by atoms with E-state index in [1.54, 1.807) is 12.1 Å². The van der Waals surface area contributed by atoms with Crippen LogP contribution in [0, 0.1) is 20.2 Å². The van der Waals surface area contributed by atoms with E-state index in [0.29, 0.717) is 11.1 Å². The highest BCUT2D eigenvalue weighted by molar-refractivity contribution is 5.60. The van der Waals surface area contributed by atoms with Crippen LogP contribution in [0.15, 0.2) is 48.5 Å². The molecule has 0 bridgehead atoms. The normalized spacial score (nSPS) is 10.0. The lowest BCUT2D eigenvalue weighted by Crippen LogP contribution is -2.07. The van der Waals surface area contributed by atoms with Crippen LogP contribution in [-0.2, 0) is 22.7 Å². The molecule has 0 spiro atoms. The Balaban J connectivity index is 1.85. The van der Waals surface area contributed by atoms with Crippen molar-refractivity contribution in [1.82, 2.24) is 0 Å². The molecule has 24 heavy (non-hydrogen) atoms. The minimum absolute atomic E-state index is 0.110. The van der Waals surface area contributed by atoms with Crippen LogP contribution in [0.3, 0.4) is 0 Å². The molecule has 0 heterocycles. The number of nitro benzene ring substituents is 2. The highest BCUT2D eigenvalue weighted by atomic mass is 16.7. The van der Waals surface area contributed by atoms with Crippen LogP contribution in [0.25, 0.3) is 0 Å². The zero-order valence-corrected chi connectivity index (χ0v) is 12.3. The van der Waals surface area contributed by atoms with Crippen molar-refractivity contribution in [2.75, 3.05) is 0 Å². The Bertz CT molecular complexity index is 712. The Hall–Kier alpha value is -3.49. The lowest BCUT2D eigenvalue weighted by atomic mass is 10.2. The molecule has 0 saturated carbocycles. The third kappa shape index (κ3) is 4.77. The first-order valence-corrected chi connectivity index (χ1v) is 6.72. The summed E-state index contributed by atoms with van der Waals surface area (Å²) < 4.78 is 9.69. The lowest BCUT2D eigenvalue weighted by molar-refractivity contribution is -0.385. The molecule has 0 atom stereocenters. The van der Waals surface area contributed by atoms with Crippen molar-refractivity contribution in [1.29, 1.82) is 0 Å². The standard InChI is InChI=1S/C15H12N2O7/c18-15(23-9-11-3-1-5-13(7-11)16(19)20)24-10-12-4-2-6-14(8-12)17(21)22/h1-8H,9-10H2. The van der Waals surface area contributed by atoms with Gasteiger partial charge in [0.15, 0.2) is 0 Å². The Morgan fingerprint density at radius 2 is 1.25 bits per heavy atom. The zero-order chi connectivity index (χ0) is 17.5. The third-order valence-corrected chi connectivity index (χ3v) is 2.96. The number of carbonyl (C=O) groups is 1. The van der Waals surface area contributed by atoms with Crippen LogP contribution in [-0.4, -0.2) is 16.0 Å². The second kappa shape index (κ2) is 7.68. The fourth-order valence-electron chi connectivity index (χ4n) is 1.85. The molecule has 0 fully saturated rings. The molecule has 0 radical (unpaired) electrons. The largest absolute Gasteiger partial charge is 0.508 e. The van der Waals surface area contributed by atoms with Gasteiger partial charge < -0.3 is 9.47 Å². The quantitative estimate of drug-likeness (QED) is 0.451. The predicted octanol–water partition coefficient (Wildman–Crippen LogP) is 3.36. The fourth-order valence-corrected chi connectivity index (χ4v) is 1.85. The molecule has 9 nitrogen and oxygen atoms in total. The van der Waals surface area contributed by atoms with E-state index in [4.69, 9.17) is 9.47 Å². The van der Waals surface area contributed by atoms with Gasteiger partial charge in [0.25, 0.3) is 11.4 Å². The van der Waals surface area contributed by atoms with E-state index in [-0.39, 0.29) is 24.6 Å². The number of non-ortho nitro benzene ring substituents is 2. The average Bonchev–Trinajstić information content (AvgIpc) is 2.58. The molecule has 2 aromatic carbocycles. The van der Waals surface area contributed by atoms with Crippen molar-refractivity contribution in [3.05, 3.63) is 79.9 Å².